The number of likely N-dealkylation sites (tertiary alicyclic amines) is 1. The average molecular weight is 555 g/mol. The molecule has 0 spiro atoms. The van der Waals surface area contributed by atoms with E-state index in [1.807, 2.05) is 25.1 Å². The number of aromatic nitrogens is 3. The third-order valence-corrected chi connectivity index (χ3v) is 5.28. The fourth-order valence-corrected chi connectivity index (χ4v) is 3.56. The smallest absolute Gasteiger partial charge is 0.409 e. The van der Waals surface area contributed by atoms with Crippen LogP contribution in [0.3, 0.4) is 0 Å². The molecule has 2 N–H and O–H groups in total. The molecule has 32 heavy (non-hydrogen) atoms. The predicted octanol–water partition coefficient (Wildman–Crippen LogP) is 2.81. The summed E-state index contributed by atoms with van der Waals surface area (Å²) in [5, 5.41) is 15.1. The lowest BCUT2D eigenvalue weighted by Crippen LogP contribution is -2.50. The number of carbonyl (C=O) groups excluding carboxylic acids is 1. The lowest BCUT2D eigenvalue weighted by atomic mass is 10.1. The molecule has 2 heterocycles. The van der Waals surface area contributed by atoms with Crippen LogP contribution in [0.15, 0.2) is 41.7 Å². The summed E-state index contributed by atoms with van der Waals surface area (Å²) in [6, 6.07) is 10.5. The van der Waals surface area contributed by atoms with Crippen LogP contribution in [0.4, 0.5) is 4.79 Å². The molecule has 1 aromatic heterocycles. The van der Waals surface area contributed by atoms with Crippen molar-refractivity contribution in [3.63, 3.8) is 0 Å². The highest BCUT2D eigenvalue weighted by atomic mass is 127. The lowest BCUT2D eigenvalue weighted by Gasteiger charge is -2.32. The summed E-state index contributed by atoms with van der Waals surface area (Å²) in [5.74, 6) is 1.76. The van der Waals surface area contributed by atoms with Crippen molar-refractivity contribution in [2.75, 3.05) is 26.2 Å². The number of aliphatic imine (C=N–C) groups is 1. The fraction of sp³-hybridized carbons (Fsp3) is 0.545. The number of hydrogen-bond donors (Lipinski definition) is 2. The van der Waals surface area contributed by atoms with E-state index in [1.54, 1.807) is 11.2 Å². The molecule has 0 aliphatic carbocycles. The van der Waals surface area contributed by atoms with Crippen molar-refractivity contribution >= 4 is 36.0 Å². The highest BCUT2D eigenvalue weighted by molar-refractivity contribution is 14.0. The largest absolute Gasteiger partial charge is 0.450 e. The zero-order valence-electron chi connectivity index (χ0n) is 18.9. The Balaban J connectivity index is 0.00000363. The Morgan fingerprint density at radius 1 is 1.22 bits per heavy atom. The van der Waals surface area contributed by atoms with E-state index in [0.29, 0.717) is 32.8 Å². The Morgan fingerprint density at radius 2 is 1.97 bits per heavy atom. The zero-order valence-corrected chi connectivity index (χ0v) is 21.2. The van der Waals surface area contributed by atoms with Crippen molar-refractivity contribution in [3.05, 3.63) is 48.0 Å². The molecule has 0 saturated carbocycles. The molecular formula is C22H34IN7O2. The molecule has 1 saturated heterocycles. The molecular weight excluding hydrogens is 521 g/mol. The molecule has 0 radical (unpaired) electrons. The van der Waals surface area contributed by atoms with Gasteiger partial charge in [-0.2, -0.15) is 0 Å². The lowest BCUT2D eigenvalue weighted by molar-refractivity contribution is 0.0963. The third kappa shape index (κ3) is 7.95. The van der Waals surface area contributed by atoms with Crippen molar-refractivity contribution in [2.45, 2.75) is 52.2 Å². The molecule has 176 valence electrons. The van der Waals surface area contributed by atoms with E-state index >= 15 is 0 Å². The number of nitrogens with zero attached hydrogens (tertiary/aromatic N) is 5. The third-order valence-electron chi connectivity index (χ3n) is 5.28. The Kier molecular flexibility index (Phi) is 11.3. The van der Waals surface area contributed by atoms with E-state index in [-0.39, 0.29) is 36.1 Å². The number of amides is 1. The molecule has 1 aliphatic rings. The number of halogens is 1. The quantitative estimate of drug-likeness (QED) is 0.296. The molecule has 1 aliphatic heterocycles. The minimum atomic E-state index is -0.224. The Bertz CT molecular complexity index is 836. The van der Waals surface area contributed by atoms with Gasteiger partial charge in [0.25, 0.3) is 0 Å². The molecule has 3 rings (SSSR count). The second-order valence-electron chi connectivity index (χ2n) is 7.48. The van der Waals surface area contributed by atoms with E-state index in [0.717, 1.165) is 43.2 Å². The van der Waals surface area contributed by atoms with Crippen LogP contribution < -0.4 is 10.6 Å². The molecule has 10 heteroatoms. The van der Waals surface area contributed by atoms with Crippen LogP contribution >= 0.6 is 24.0 Å². The van der Waals surface area contributed by atoms with Crippen molar-refractivity contribution < 1.29 is 9.53 Å². The van der Waals surface area contributed by atoms with E-state index < -0.39 is 0 Å². The topological polar surface area (TPSA) is 96.7 Å². The number of carbonyl (C=O) groups is 1. The van der Waals surface area contributed by atoms with Crippen molar-refractivity contribution in [3.8, 4) is 0 Å². The average Bonchev–Trinajstić information content (AvgIpc) is 3.26. The number of benzene rings is 1. The standard InChI is InChI=1S/C22H33N7O2.HI/c1-3-20-27-25-17-29(20)15-12-23-21(24-16-18-8-6-5-7-9-18)26-19-10-13-28(14-11-19)22(30)31-4-2;/h5-9,17,19H,3-4,10-16H2,1-2H3,(H2,23,24,26);1H. The van der Waals surface area contributed by atoms with Crippen LogP contribution in [-0.2, 0) is 24.2 Å². The number of aryl methyl sites for hydroxylation is 1. The maximum absolute atomic E-state index is 11.9. The van der Waals surface area contributed by atoms with Gasteiger partial charge in [0.15, 0.2) is 5.96 Å². The van der Waals surface area contributed by atoms with Crippen LogP contribution in [0.1, 0.15) is 38.1 Å². The summed E-state index contributed by atoms with van der Waals surface area (Å²) in [5.41, 5.74) is 1.16. The van der Waals surface area contributed by atoms with Crippen molar-refractivity contribution in [2.24, 2.45) is 4.99 Å². The van der Waals surface area contributed by atoms with Gasteiger partial charge in [-0.3, -0.25) is 0 Å². The zero-order chi connectivity index (χ0) is 21.9. The first-order chi connectivity index (χ1) is 15.2. The maximum Gasteiger partial charge on any atom is 0.409 e. The van der Waals surface area contributed by atoms with Gasteiger partial charge in [0.1, 0.15) is 12.2 Å². The van der Waals surface area contributed by atoms with Crippen LogP contribution in [0.25, 0.3) is 0 Å². The summed E-state index contributed by atoms with van der Waals surface area (Å²) in [7, 11) is 0. The Labute approximate surface area is 207 Å². The van der Waals surface area contributed by atoms with Gasteiger partial charge in [-0.15, -0.1) is 34.2 Å². The molecule has 0 unspecified atom stereocenters. The summed E-state index contributed by atoms with van der Waals surface area (Å²) in [4.78, 5) is 18.5. The maximum atomic E-state index is 11.9. The van der Waals surface area contributed by atoms with Crippen LogP contribution in [0.5, 0.6) is 0 Å². The van der Waals surface area contributed by atoms with Crippen LogP contribution in [-0.4, -0.2) is 64.0 Å². The molecule has 1 aromatic carbocycles. The van der Waals surface area contributed by atoms with Crippen molar-refractivity contribution in [1.82, 2.24) is 30.3 Å². The van der Waals surface area contributed by atoms with Crippen LogP contribution in [0.2, 0.25) is 0 Å². The summed E-state index contributed by atoms with van der Waals surface area (Å²) >= 11 is 0. The molecule has 1 fully saturated rings. The van der Waals surface area contributed by atoms with Crippen molar-refractivity contribution in [1.29, 1.82) is 0 Å². The first-order valence-corrected chi connectivity index (χ1v) is 11.1. The normalized spacial score (nSPS) is 14.6. The molecule has 1 amide bonds. The minimum Gasteiger partial charge on any atom is -0.450 e. The van der Waals surface area contributed by atoms with E-state index in [9.17, 15) is 4.79 Å². The fourth-order valence-electron chi connectivity index (χ4n) is 3.56. The van der Waals surface area contributed by atoms with Gasteiger partial charge in [0.05, 0.1) is 13.2 Å². The first kappa shape index (κ1) is 25.9. The van der Waals surface area contributed by atoms with Gasteiger partial charge in [-0.25, -0.2) is 9.79 Å². The molecule has 9 nitrogen and oxygen atoms in total. The van der Waals surface area contributed by atoms with Gasteiger partial charge < -0.3 is 24.8 Å². The number of hydrogen-bond acceptors (Lipinski definition) is 5. The summed E-state index contributed by atoms with van der Waals surface area (Å²) < 4.78 is 7.17. The van der Waals surface area contributed by atoms with Crippen LogP contribution in [0, 0.1) is 0 Å². The summed E-state index contributed by atoms with van der Waals surface area (Å²) in [6.45, 7) is 7.76. The number of rotatable bonds is 8. The minimum absolute atomic E-state index is 0. The van der Waals surface area contributed by atoms with E-state index in [1.165, 1.54) is 0 Å². The predicted molar refractivity (Wildman–Crippen MR) is 135 cm³/mol. The van der Waals surface area contributed by atoms with Gasteiger partial charge >= 0.3 is 6.09 Å². The van der Waals surface area contributed by atoms with Gasteiger partial charge in [0.2, 0.25) is 0 Å². The number of ether oxygens (including phenoxy) is 1. The van der Waals surface area contributed by atoms with Gasteiger partial charge in [-0.05, 0) is 25.3 Å². The molecule has 2 aromatic rings. The van der Waals surface area contributed by atoms with E-state index in [4.69, 9.17) is 9.73 Å². The molecule has 0 atom stereocenters. The number of piperidine rings is 1. The van der Waals surface area contributed by atoms with Gasteiger partial charge in [-0.1, -0.05) is 37.3 Å². The molecule has 0 bridgehead atoms. The summed E-state index contributed by atoms with van der Waals surface area (Å²) in [6.07, 6.45) is 4.11. The Morgan fingerprint density at radius 3 is 2.66 bits per heavy atom. The van der Waals surface area contributed by atoms with Gasteiger partial charge in [0, 0.05) is 38.6 Å². The number of guanidine groups is 1. The van der Waals surface area contributed by atoms with E-state index in [2.05, 4.69) is 44.5 Å². The highest BCUT2D eigenvalue weighted by Crippen LogP contribution is 2.11. The second-order valence-corrected chi connectivity index (χ2v) is 7.48. The second kappa shape index (κ2) is 13.9. The monoisotopic (exact) mass is 555 g/mol. The Hall–Kier alpha value is -2.37. The first-order valence-electron chi connectivity index (χ1n) is 11.1. The highest BCUT2D eigenvalue weighted by Gasteiger charge is 2.24. The SMILES string of the molecule is CCOC(=O)N1CCC(NC(=NCc2ccccc2)NCCn2cnnc2CC)CC1.I. The number of nitrogens with one attached hydrogen (secondary N) is 2.